The number of likely N-dealkylation sites (N-methyl/N-ethyl adjacent to an activating group) is 1. The lowest BCUT2D eigenvalue weighted by atomic mass is 9.85. The van der Waals surface area contributed by atoms with Gasteiger partial charge >= 0.3 is 0 Å². The molecule has 3 atom stereocenters. The van der Waals surface area contributed by atoms with Gasteiger partial charge in [-0.15, -0.1) is 0 Å². The molecule has 1 aliphatic carbocycles. The van der Waals surface area contributed by atoms with Gasteiger partial charge in [-0.2, -0.15) is 0 Å². The average molecular weight is 346 g/mol. The van der Waals surface area contributed by atoms with Crippen LogP contribution < -0.4 is 10.1 Å². The zero-order valence-electron chi connectivity index (χ0n) is 11.9. The fraction of sp³-hybridized carbons (Fsp3) is 0.600. The zero-order valence-corrected chi connectivity index (χ0v) is 13.5. The summed E-state index contributed by atoms with van der Waals surface area (Å²) in [5.74, 6) is 0.242. The lowest BCUT2D eigenvalue weighted by Crippen LogP contribution is -2.61. The number of nitrogens with one attached hydrogen (secondary N) is 1. The Morgan fingerprint density at radius 2 is 2.20 bits per heavy atom. The first-order valence-electron chi connectivity index (χ1n) is 7.12. The highest BCUT2D eigenvalue weighted by Crippen LogP contribution is 2.30. The molecule has 5 heteroatoms. The number of rotatable bonds is 7. The van der Waals surface area contributed by atoms with E-state index < -0.39 is 0 Å². The molecule has 1 aromatic rings. The minimum absolute atomic E-state index is 0.00817. The molecule has 0 saturated heterocycles. The van der Waals surface area contributed by atoms with Gasteiger partial charge in [-0.05, 0) is 41.0 Å². The van der Waals surface area contributed by atoms with Gasteiger partial charge in [0.15, 0.2) is 0 Å². The van der Waals surface area contributed by atoms with Crippen LogP contribution in [0.4, 0.5) is 4.39 Å². The lowest BCUT2D eigenvalue weighted by Gasteiger charge is -2.44. The van der Waals surface area contributed by atoms with Crippen molar-refractivity contribution in [2.24, 2.45) is 0 Å². The van der Waals surface area contributed by atoms with E-state index in [9.17, 15) is 4.39 Å². The molecule has 0 aromatic heterocycles. The largest absolute Gasteiger partial charge is 0.487 e. The van der Waals surface area contributed by atoms with E-state index in [1.165, 1.54) is 6.07 Å². The Kier molecular flexibility index (Phi) is 5.81. The van der Waals surface area contributed by atoms with Crippen LogP contribution in [0.5, 0.6) is 5.75 Å². The predicted octanol–water partition coefficient (Wildman–Crippen LogP) is 3.51. The van der Waals surface area contributed by atoms with Crippen LogP contribution in [0.3, 0.4) is 0 Å². The third kappa shape index (κ3) is 3.71. The summed E-state index contributed by atoms with van der Waals surface area (Å²) in [6, 6.07) is 5.16. The summed E-state index contributed by atoms with van der Waals surface area (Å²) in [5, 5.41) is 3.39. The van der Waals surface area contributed by atoms with Gasteiger partial charge in [0.2, 0.25) is 0 Å². The highest BCUT2D eigenvalue weighted by atomic mass is 79.9. The van der Waals surface area contributed by atoms with E-state index in [1.54, 1.807) is 12.1 Å². The third-order valence-corrected chi connectivity index (χ3v) is 4.05. The van der Waals surface area contributed by atoms with Gasteiger partial charge in [0.25, 0.3) is 0 Å². The summed E-state index contributed by atoms with van der Waals surface area (Å²) >= 11 is 3.14. The zero-order chi connectivity index (χ0) is 14.5. The number of ether oxygens (including phenoxy) is 2. The fourth-order valence-corrected chi connectivity index (χ4v) is 2.61. The molecule has 1 N–H and O–H groups in total. The van der Waals surface area contributed by atoms with Crippen LogP contribution in [0, 0.1) is 5.82 Å². The Balaban J connectivity index is 1.95. The molecule has 20 heavy (non-hydrogen) atoms. The van der Waals surface area contributed by atoms with Gasteiger partial charge in [0.05, 0.1) is 4.47 Å². The van der Waals surface area contributed by atoms with Crippen molar-refractivity contribution in [3.8, 4) is 5.75 Å². The van der Waals surface area contributed by atoms with Gasteiger partial charge < -0.3 is 14.8 Å². The van der Waals surface area contributed by atoms with Crippen LogP contribution in [0.15, 0.2) is 22.7 Å². The summed E-state index contributed by atoms with van der Waals surface area (Å²) < 4.78 is 25.6. The van der Waals surface area contributed by atoms with Crippen molar-refractivity contribution in [3.63, 3.8) is 0 Å². The van der Waals surface area contributed by atoms with Crippen LogP contribution in [0.2, 0.25) is 0 Å². The molecule has 2 rings (SSSR count). The molecule has 1 fully saturated rings. The number of hydrogen-bond donors (Lipinski definition) is 1. The van der Waals surface area contributed by atoms with Gasteiger partial charge in [-0.1, -0.05) is 13.8 Å². The molecule has 3 nitrogen and oxygen atoms in total. The summed E-state index contributed by atoms with van der Waals surface area (Å²) in [5.41, 5.74) is 0. The Hall–Kier alpha value is -0.650. The van der Waals surface area contributed by atoms with Gasteiger partial charge in [-0.3, -0.25) is 0 Å². The van der Waals surface area contributed by atoms with Crippen molar-refractivity contribution in [2.45, 2.75) is 44.9 Å². The molecular formula is C15H21BrFNO2. The predicted molar refractivity (Wildman–Crippen MR) is 80.6 cm³/mol. The van der Waals surface area contributed by atoms with Crippen LogP contribution in [-0.2, 0) is 4.74 Å². The molecule has 0 amide bonds. The van der Waals surface area contributed by atoms with E-state index in [4.69, 9.17) is 9.47 Å². The van der Waals surface area contributed by atoms with Gasteiger partial charge in [0, 0.05) is 25.1 Å². The Bertz CT molecular complexity index is 444. The molecule has 1 saturated carbocycles. The number of benzene rings is 1. The van der Waals surface area contributed by atoms with E-state index in [2.05, 4.69) is 35.1 Å². The molecule has 1 aromatic carbocycles. The van der Waals surface area contributed by atoms with E-state index >= 15 is 0 Å². The van der Waals surface area contributed by atoms with Crippen LogP contribution in [0.25, 0.3) is 0 Å². The van der Waals surface area contributed by atoms with Crippen molar-refractivity contribution in [2.75, 3.05) is 13.2 Å². The summed E-state index contributed by atoms with van der Waals surface area (Å²) in [6.07, 6.45) is 1.90. The molecule has 0 aliphatic heterocycles. The van der Waals surface area contributed by atoms with E-state index in [1.807, 2.05) is 0 Å². The van der Waals surface area contributed by atoms with Gasteiger partial charge in [-0.25, -0.2) is 4.39 Å². The highest BCUT2D eigenvalue weighted by molar-refractivity contribution is 9.10. The van der Waals surface area contributed by atoms with Crippen molar-refractivity contribution < 1.29 is 13.9 Å². The van der Waals surface area contributed by atoms with Crippen LogP contribution >= 0.6 is 15.9 Å². The highest BCUT2D eigenvalue weighted by Gasteiger charge is 2.43. The molecule has 112 valence electrons. The van der Waals surface area contributed by atoms with E-state index in [0.717, 1.165) is 26.0 Å². The standard InChI is InChI=1S/C15H21BrFNO2/c1-3-7-19-15-13(18-4-2)9-14(15)20-10-5-6-11(16)12(17)8-10/h5-6,8,13-15,18H,3-4,7,9H2,1-2H3. The van der Waals surface area contributed by atoms with E-state index in [-0.39, 0.29) is 18.0 Å². The number of halogens is 2. The van der Waals surface area contributed by atoms with Crippen molar-refractivity contribution in [1.82, 2.24) is 5.32 Å². The Morgan fingerprint density at radius 3 is 2.85 bits per heavy atom. The Labute approximate surface area is 128 Å². The smallest absolute Gasteiger partial charge is 0.141 e. The molecule has 1 aliphatic rings. The quantitative estimate of drug-likeness (QED) is 0.820. The van der Waals surface area contributed by atoms with E-state index in [0.29, 0.717) is 16.3 Å². The first kappa shape index (κ1) is 15.7. The molecule has 3 unspecified atom stereocenters. The fourth-order valence-electron chi connectivity index (χ4n) is 2.36. The maximum atomic E-state index is 13.5. The average Bonchev–Trinajstić information content (AvgIpc) is 2.42. The van der Waals surface area contributed by atoms with Crippen molar-refractivity contribution in [1.29, 1.82) is 0 Å². The Morgan fingerprint density at radius 1 is 1.40 bits per heavy atom. The second-order valence-corrected chi connectivity index (χ2v) is 5.82. The second kappa shape index (κ2) is 7.38. The summed E-state index contributed by atoms with van der Waals surface area (Å²) in [4.78, 5) is 0. The van der Waals surface area contributed by atoms with Crippen molar-refractivity contribution >= 4 is 15.9 Å². The number of hydrogen-bond acceptors (Lipinski definition) is 3. The molecule has 0 radical (unpaired) electrons. The van der Waals surface area contributed by atoms with Gasteiger partial charge in [0.1, 0.15) is 23.8 Å². The SMILES string of the molecule is CCCOC1C(NCC)CC1Oc1ccc(Br)c(F)c1. The van der Waals surface area contributed by atoms with Crippen LogP contribution in [-0.4, -0.2) is 31.4 Å². The normalized spacial score (nSPS) is 25.3. The van der Waals surface area contributed by atoms with Crippen molar-refractivity contribution in [3.05, 3.63) is 28.5 Å². The minimum atomic E-state index is -0.309. The maximum Gasteiger partial charge on any atom is 0.141 e. The molecular weight excluding hydrogens is 325 g/mol. The molecule has 0 heterocycles. The van der Waals surface area contributed by atoms with Crippen LogP contribution in [0.1, 0.15) is 26.7 Å². The molecule has 0 bridgehead atoms. The maximum absolute atomic E-state index is 13.5. The minimum Gasteiger partial charge on any atom is -0.487 e. The summed E-state index contributed by atoms with van der Waals surface area (Å²) in [6.45, 7) is 5.80. The first-order valence-corrected chi connectivity index (χ1v) is 7.91. The first-order chi connectivity index (χ1) is 9.65. The second-order valence-electron chi connectivity index (χ2n) is 4.97. The third-order valence-electron chi connectivity index (χ3n) is 3.41. The lowest BCUT2D eigenvalue weighted by molar-refractivity contribution is -0.107. The monoisotopic (exact) mass is 345 g/mol. The molecule has 0 spiro atoms. The summed E-state index contributed by atoms with van der Waals surface area (Å²) in [7, 11) is 0. The topological polar surface area (TPSA) is 30.5 Å².